The van der Waals surface area contributed by atoms with Crippen LogP contribution in [0.3, 0.4) is 0 Å². The Morgan fingerprint density at radius 3 is 2.33 bits per heavy atom. The molecular weight excluding hydrogens is 292 g/mol. The second kappa shape index (κ2) is 5.72. The lowest BCUT2D eigenvalue weighted by atomic mass is 9.91. The van der Waals surface area contributed by atoms with E-state index in [0.717, 1.165) is 6.42 Å². The second-order valence-corrected chi connectivity index (χ2v) is 6.70. The third kappa shape index (κ3) is 2.44. The smallest absolute Gasteiger partial charge is 0.0657 e. The highest BCUT2D eigenvalue weighted by Crippen LogP contribution is 2.41. The van der Waals surface area contributed by atoms with Gasteiger partial charge < -0.3 is 10.2 Å². The molecule has 1 heterocycles. The highest BCUT2D eigenvalue weighted by atomic mass is 15.1. The molecule has 2 heteroatoms. The first kappa shape index (κ1) is 14.8. The van der Waals surface area contributed by atoms with Gasteiger partial charge >= 0.3 is 0 Å². The predicted molar refractivity (Wildman–Crippen MR) is 103 cm³/mol. The van der Waals surface area contributed by atoms with E-state index in [1.165, 1.54) is 44.9 Å². The molecule has 0 fully saturated rings. The van der Waals surface area contributed by atoms with E-state index in [-0.39, 0.29) is 0 Å². The Bertz CT molecular complexity index is 895. The number of rotatable bonds is 2. The zero-order chi connectivity index (χ0) is 16.7. The zero-order valence-corrected chi connectivity index (χ0v) is 14.4. The van der Waals surface area contributed by atoms with Crippen LogP contribution >= 0.6 is 0 Å². The van der Waals surface area contributed by atoms with Gasteiger partial charge in [-0.15, -0.1) is 0 Å². The van der Waals surface area contributed by atoms with Gasteiger partial charge in [-0.25, -0.2) is 0 Å². The highest BCUT2D eigenvalue weighted by Gasteiger charge is 2.20. The summed E-state index contributed by atoms with van der Waals surface area (Å²) in [6.45, 7) is 2.20. The monoisotopic (exact) mass is 314 g/mol. The van der Waals surface area contributed by atoms with Crippen LogP contribution in [-0.4, -0.2) is 14.1 Å². The fourth-order valence-corrected chi connectivity index (χ4v) is 3.56. The first-order valence-corrected chi connectivity index (χ1v) is 8.38. The van der Waals surface area contributed by atoms with E-state index in [9.17, 15) is 0 Å². The van der Waals surface area contributed by atoms with Crippen molar-refractivity contribution in [3.8, 4) is 11.1 Å². The maximum Gasteiger partial charge on any atom is 0.0657 e. The summed E-state index contributed by atoms with van der Waals surface area (Å²) < 4.78 is 0. The summed E-state index contributed by atoms with van der Waals surface area (Å²) >= 11 is 0. The van der Waals surface area contributed by atoms with Crippen LogP contribution < -0.4 is 10.2 Å². The van der Waals surface area contributed by atoms with Crippen molar-refractivity contribution < 1.29 is 0 Å². The Balaban J connectivity index is 1.81. The van der Waals surface area contributed by atoms with Gasteiger partial charge in [-0.05, 0) is 52.9 Å². The Morgan fingerprint density at radius 2 is 1.58 bits per heavy atom. The van der Waals surface area contributed by atoms with E-state index in [1.54, 1.807) is 0 Å². The standard InChI is InChI=1S/C22H22N2/c1-15-12-18(16-8-5-4-6-9-16)14-19-13-17-10-7-11-20(24(2)3)22(17)23-21(15)19/h4-12,14,23H,13H2,1-3H3. The molecule has 0 radical (unpaired) electrons. The number of para-hydroxylation sites is 1. The molecule has 0 saturated heterocycles. The largest absolute Gasteiger partial charge is 0.376 e. The molecule has 2 nitrogen and oxygen atoms in total. The maximum absolute atomic E-state index is 3.70. The normalized spacial score (nSPS) is 12.1. The van der Waals surface area contributed by atoms with Crippen LogP contribution in [-0.2, 0) is 6.42 Å². The quantitative estimate of drug-likeness (QED) is 0.534. The van der Waals surface area contributed by atoms with Gasteiger partial charge in [-0.3, -0.25) is 0 Å². The Morgan fingerprint density at radius 1 is 0.792 bits per heavy atom. The maximum atomic E-state index is 3.70. The summed E-state index contributed by atoms with van der Waals surface area (Å²) in [5, 5.41) is 3.70. The fraction of sp³-hybridized carbons (Fsp3) is 0.182. The summed E-state index contributed by atoms with van der Waals surface area (Å²) in [6.07, 6.45) is 0.973. The Hall–Kier alpha value is -2.74. The van der Waals surface area contributed by atoms with E-state index in [2.05, 4.69) is 91.9 Å². The first-order chi connectivity index (χ1) is 11.6. The second-order valence-electron chi connectivity index (χ2n) is 6.70. The summed E-state index contributed by atoms with van der Waals surface area (Å²) in [7, 11) is 4.19. The number of nitrogens with zero attached hydrogens (tertiary/aromatic N) is 1. The lowest BCUT2D eigenvalue weighted by Gasteiger charge is -2.28. The predicted octanol–water partition coefficient (Wildman–Crippen LogP) is 5.38. The van der Waals surface area contributed by atoms with E-state index in [4.69, 9.17) is 0 Å². The molecule has 0 saturated carbocycles. The van der Waals surface area contributed by atoms with Crippen molar-refractivity contribution in [3.05, 3.63) is 77.4 Å². The van der Waals surface area contributed by atoms with Crippen LogP contribution in [0.4, 0.5) is 17.1 Å². The summed E-state index contributed by atoms with van der Waals surface area (Å²) in [4.78, 5) is 2.17. The van der Waals surface area contributed by atoms with Gasteiger partial charge in [0.15, 0.2) is 0 Å². The topological polar surface area (TPSA) is 15.3 Å². The molecule has 24 heavy (non-hydrogen) atoms. The van der Waals surface area contributed by atoms with Crippen LogP contribution in [0.25, 0.3) is 11.1 Å². The molecule has 1 aliphatic rings. The highest BCUT2D eigenvalue weighted by molar-refractivity contribution is 5.85. The van der Waals surface area contributed by atoms with E-state index < -0.39 is 0 Å². The average molecular weight is 314 g/mol. The number of anilines is 3. The third-order valence-corrected chi connectivity index (χ3v) is 4.77. The molecule has 0 aliphatic carbocycles. The van der Waals surface area contributed by atoms with Crippen molar-refractivity contribution in [1.29, 1.82) is 0 Å². The van der Waals surface area contributed by atoms with Gasteiger partial charge in [0.1, 0.15) is 0 Å². The van der Waals surface area contributed by atoms with E-state index in [1.807, 2.05) is 0 Å². The molecule has 0 atom stereocenters. The lowest BCUT2D eigenvalue weighted by molar-refractivity contribution is 1.09. The van der Waals surface area contributed by atoms with Gasteiger partial charge in [0.25, 0.3) is 0 Å². The van der Waals surface area contributed by atoms with Crippen LogP contribution in [0.5, 0.6) is 0 Å². The molecule has 0 bridgehead atoms. The molecule has 120 valence electrons. The molecule has 0 spiro atoms. The first-order valence-electron chi connectivity index (χ1n) is 8.38. The minimum atomic E-state index is 0.973. The van der Waals surface area contributed by atoms with E-state index in [0.29, 0.717) is 0 Å². The molecular formula is C22H22N2. The van der Waals surface area contributed by atoms with E-state index >= 15 is 0 Å². The van der Waals surface area contributed by atoms with Crippen LogP contribution in [0.2, 0.25) is 0 Å². The molecule has 3 aromatic carbocycles. The van der Waals surface area contributed by atoms with Crippen molar-refractivity contribution in [2.24, 2.45) is 0 Å². The Kier molecular flexibility index (Phi) is 3.53. The van der Waals surface area contributed by atoms with Crippen LogP contribution in [0.1, 0.15) is 16.7 Å². The molecule has 4 rings (SSSR count). The van der Waals surface area contributed by atoms with Gasteiger partial charge in [0.2, 0.25) is 0 Å². The lowest BCUT2D eigenvalue weighted by Crippen LogP contribution is -2.15. The third-order valence-electron chi connectivity index (χ3n) is 4.77. The number of hydrogen-bond donors (Lipinski definition) is 1. The minimum absolute atomic E-state index is 0.973. The zero-order valence-electron chi connectivity index (χ0n) is 14.4. The fourth-order valence-electron chi connectivity index (χ4n) is 3.56. The van der Waals surface area contributed by atoms with Gasteiger partial charge in [0, 0.05) is 26.2 Å². The number of fused-ring (bicyclic) bond motifs is 2. The van der Waals surface area contributed by atoms with Crippen molar-refractivity contribution in [1.82, 2.24) is 0 Å². The molecule has 1 N–H and O–H groups in total. The van der Waals surface area contributed by atoms with Crippen molar-refractivity contribution in [2.75, 3.05) is 24.3 Å². The Labute approximate surface area is 143 Å². The molecule has 0 aromatic heterocycles. The molecule has 1 aliphatic heterocycles. The number of aryl methyl sites for hydroxylation is 1. The summed E-state index contributed by atoms with van der Waals surface area (Å²) in [5.41, 5.74) is 10.3. The van der Waals surface area contributed by atoms with Crippen LogP contribution in [0, 0.1) is 6.92 Å². The summed E-state index contributed by atoms with van der Waals surface area (Å²) in [6, 6.07) is 21.8. The minimum Gasteiger partial charge on any atom is -0.376 e. The molecule has 0 amide bonds. The number of hydrogen-bond acceptors (Lipinski definition) is 2. The number of benzene rings is 3. The molecule has 0 unspecified atom stereocenters. The van der Waals surface area contributed by atoms with Crippen molar-refractivity contribution in [2.45, 2.75) is 13.3 Å². The van der Waals surface area contributed by atoms with Crippen LogP contribution in [0.15, 0.2) is 60.7 Å². The average Bonchev–Trinajstić information content (AvgIpc) is 2.60. The SMILES string of the molecule is Cc1cc(-c2ccccc2)cc2c1Nc1c(cccc1N(C)C)C2. The van der Waals surface area contributed by atoms with Gasteiger partial charge in [-0.2, -0.15) is 0 Å². The summed E-state index contributed by atoms with van der Waals surface area (Å²) in [5.74, 6) is 0. The van der Waals surface area contributed by atoms with Gasteiger partial charge in [-0.1, -0.05) is 42.5 Å². The molecule has 3 aromatic rings. The number of nitrogens with one attached hydrogen (secondary N) is 1. The van der Waals surface area contributed by atoms with Crippen molar-refractivity contribution >= 4 is 17.1 Å². The van der Waals surface area contributed by atoms with Gasteiger partial charge in [0.05, 0.1) is 11.4 Å². The van der Waals surface area contributed by atoms with Crippen molar-refractivity contribution in [3.63, 3.8) is 0 Å².